The standard InChI is InChI=1S/C52H58F3N7O9S/c1-29(32-8-10-33(11-9-32)43-30(2)57-28-70-43)58-45(65)41-19-37(63)24-60(41)46(66)44(49(3,4)5)59-42(64)27-68-26-39-22-51(71-39)20-31(21-51)25-69-38-16-14-35(15-17-38)62-48(72)61(47(67)50(62,6)7)36-13-12-34(23-56)40(18-36)52(53,54)55/h8-18,28-29,31,37,39,41,44,63H,19-22,24-27H2,1-7H3,(H,58,65)(H,59,64)/t29-,31-,37+,39-,41-,44+,51-/m0/s1. The summed E-state index contributed by atoms with van der Waals surface area (Å²) in [6, 6.07) is 16.7. The highest BCUT2D eigenvalue weighted by Gasteiger charge is 2.55. The van der Waals surface area contributed by atoms with Crippen LogP contribution in [0.2, 0.25) is 0 Å². The first-order valence-electron chi connectivity index (χ1n) is 23.8. The second-order valence-corrected chi connectivity index (χ2v) is 21.1. The molecular formula is C52H58F3N7O9S. The van der Waals surface area contributed by atoms with Gasteiger partial charge in [-0.05, 0) is 112 Å². The lowest BCUT2D eigenvalue weighted by Gasteiger charge is -2.57. The molecule has 20 heteroatoms. The van der Waals surface area contributed by atoms with Gasteiger partial charge in [0.2, 0.25) is 17.7 Å². The molecule has 3 N–H and O–H groups in total. The molecule has 0 radical (unpaired) electrons. The van der Waals surface area contributed by atoms with Crippen LogP contribution in [0.5, 0.6) is 5.75 Å². The van der Waals surface area contributed by atoms with Crippen molar-refractivity contribution in [3.05, 3.63) is 95.5 Å². The summed E-state index contributed by atoms with van der Waals surface area (Å²) in [5.74, 6) is -0.447. The van der Waals surface area contributed by atoms with Crippen LogP contribution in [0.15, 0.2) is 77.5 Å². The molecule has 4 heterocycles. The Balaban J connectivity index is 0.764. The van der Waals surface area contributed by atoms with Gasteiger partial charge in [0.15, 0.2) is 17.3 Å². The Morgan fingerprint density at radius 3 is 2.28 bits per heavy atom. The van der Waals surface area contributed by atoms with E-state index in [0.717, 1.165) is 53.1 Å². The number of halogens is 3. The van der Waals surface area contributed by atoms with Crippen molar-refractivity contribution in [2.75, 3.05) is 36.2 Å². The van der Waals surface area contributed by atoms with Crippen LogP contribution in [0.25, 0.3) is 11.3 Å². The number of likely N-dealkylation sites (tertiary alicyclic amines) is 1. The summed E-state index contributed by atoms with van der Waals surface area (Å²) in [5, 5.41) is 25.7. The number of β-amino-alcohol motifs (C(OH)–C–C–N with tert-alkyl or cyclic N) is 1. The van der Waals surface area contributed by atoms with Gasteiger partial charge in [-0.15, -0.1) is 0 Å². The highest BCUT2D eigenvalue weighted by atomic mass is 32.1. The predicted molar refractivity (Wildman–Crippen MR) is 261 cm³/mol. The van der Waals surface area contributed by atoms with Gasteiger partial charge in [0.25, 0.3) is 5.91 Å². The second-order valence-electron chi connectivity index (χ2n) is 20.8. The first-order valence-corrected chi connectivity index (χ1v) is 24.2. The number of hydrogen-bond acceptors (Lipinski definition) is 12. The summed E-state index contributed by atoms with van der Waals surface area (Å²) < 4.78 is 64.8. The zero-order chi connectivity index (χ0) is 52.1. The number of aromatic nitrogens is 1. The summed E-state index contributed by atoms with van der Waals surface area (Å²) >= 11 is 5.65. The average molecular weight is 1010 g/mol. The monoisotopic (exact) mass is 1010 g/mol. The number of thiocarbonyl (C=S) groups is 1. The fourth-order valence-electron chi connectivity index (χ4n) is 10.1. The Morgan fingerprint density at radius 2 is 1.67 bits per heavy atom. The summed E-state index contributed by atoms with van der Waals surface area (Å²) in [6.45, 7) is 12.6. The topological polar surface area (TPSA) is 200 Å². The van der Waals surface area contributed by atoms with E-state index in [1.165, 1.54) is 17.4 Å². The van der Waals surface area contributed by atoms with E-state index in [4.69, 9.17) is 30.8 Å². The van der Waals surface area contributed by atoms with Crippen LogP contribution in [-0.4, -0.2) is 106 Å². The van der Waals surface area contributed by atoms with Gasteiger partial charge in [0.1, 0.15) is 30.0 Å². The number of nitrogens with zero attached hydrogens (tertiary/aromatic N) is 5. The molecule has 1 saturated carbocycles. The smallest absolute Gasteiger partial charge is 0.417 e. The van der Waals surface area contributed by atoms with E-state index in [1.54, 1.807) is 49.1 Å². The number of hydrogen-bond donors (Lipinski definition) is 3. The molecule has 1 aromatic heterocycles. The molecule has 4 fully saturated rings. The van der Waals surface area contributed by atoms with Crippen LogP contribution in [0.4, 0.5) is 24.5 Å². The van der Waals surface area contributed by atoms with Crippen molar-refractivity contribution in [3.8, 4) is 23.1 Å². The highest BCUT2D eigenvalue weighted by Crippen LogP contribution is 2.51. The first kappa shape index (κ1) is 51.9. The number of alkyl halides is 3. The largest absolute Gasteiger partial charge is 0.493 e. The van der Waals surface area contributed by atoms with E-state index < -0.39 is 76.1 Å². The lowest BCUT2D eigenvalue weighted by Crippen LogP contribution is -2.61. The predicted octanol–water partition coefficient (Wildman–Crippen LogP) is 7.16. The summed E-state index contributed by atoms with van der Waals surface area (Å²) in [4.78, 5) is 62.7. The van der Waals surface area contributed by atoms with Crippen LogP contribution in [0.3, 0.4) is 0 Å². The maximum Gasteiger partial charge on any atom is 0.417 e. The molecule has 0 unspecified atom stereocenters. The van der Waals surface area contributed by atoms with Gasteiger partial charge >= 0.3 is 6.18 Å². The first-order chi connectivity index (χ1) is 33.9. The van der Waals surface area contributed by atoms with Crippen LogP contribution in [0.1, 0.15) is 95.7 Å². The SMILES string of the molecule is Cc1ncoc1-c1ccc([C@H](C)NC(=O)[C@@H]2C[C@@H](O)CN2C(=O)[C@@H](NC(=O)COC[C@@H]2C[C@]3(C[C@@H](COc4ccc(N5C(=S)N(c6ccc(C#N)c(C(F)(F)F)c6)C(=O)C5(C)C)cc4)C3)O2)C(C)(C)C)cc1. The van der Waals surface area contributed by atoms with Crippen molar-refractivity contribution < 1.29 is 56.1 Å². The van der Waals surface area contributed by atoms with E-state index in [9.17, 15) is 42.7 Å². The van der Waals surface area contributed by atoms with Gasteiger partial charge in [-0.3, -0.25) is 24.1 Å². The second kappa shape index (κ2) is 19.9. The Kier molecular flexibility index (Phi) is 14.4. The molecular weight excluding hydrogens is 956 g/mol. The molecule has 4 aromatic rings. The van der Waals surface area contributed by atoms with Gasteiger partial charge in [0.05, 0.1) is 65.6 Å². The van der Waals surface area contributed by atoms with Crippen molar-refractivity contribution in [1.29, 1.82) is 5.26 Å². The zero-order valence-corrected chi connectivity index (χ0v) is 41.9. The van der Waals surface area contributed by atoms with E-state index in [2.05, 4.69) is 15.6 Å². The molecule has 0 bridgehead atoms. The minimum absolute atomic E-state index is 0.00712. The lowest BCUT2D eigenvalue weighted by atomic mass is 9.65. The third kappa shape index (κ3) is 10.6. The Bertz CT molecular complexity index is 2760. The van der Waals surface area contributed by atoms with Crippen LogP contribution in [0, 0.1) is 29.6 Å². The number of rotatable bonds is 15. The van der Waals surface area contributed by atoms with Gasteiger partial charge in [-0.25, -0.2) is 4.98 Å². The van der Waals surface area contributed by atoms with Gasteiger partial charge in [-0.2, -0.15) is 18.4 Å². The average Bonchev–Trinajstić information content (AvgIpc) is 3.96. The normalized spacial score (nSPS) is 23.6. The molecule has 3 saturated heterocycles. The molecule has 4 amide bonds. The third-order valence-corrected chi connectivity index (χ3v) is 14.2. The molecule has 1 aliphatic carbocycles. The molecule has 16 nitrogen and oxygen atoms in total. The Labute approximate surface area is 420 Å². The fourth-order valence-corrected chi connectivity index (χ4v) is 10.6. The molecule has 5 atom stereocenters. The molecule has 3 aromatic carbocycles. The number of oxazole rings is 1. The van der Waals surface area contributed by atoms with Crippen LogP contribution in [-0.2, 0) is 34.8 Å². The van der Waals surface area contributed by atoms with Crippen molar-refractivity contribution in [2.45, 2.75) is 122 Å². The Hall–Kier alpha value is -6.40. The van der Waals surface area contributed by atoms with E-state index >= 15 is 0 Å². The number of benzene rings is 3. The molecule has 382 valence electrons. The molecule has 1 spiro atoms. The van der Waals surface area contributed by atoms with E-state index in [1.807, 2.05) is 58.9 Å². The number of aliphatic hydroxyl groups excluding tert-OH is 1. The number of amides is 4. The lowest BCUT2D eigenvalue weighted by molar-refractivity contribution is -0.273. The number of nitriles is 1. The van der Waals surface area contributed by atoms with Crippen LogP contribution < -0.4 is 25.2 Å². The molecule has 8 rings (SSSR count). The highest BCUT2D eigenvalue weighted by molar-refractivity contribution is 7.81. The third-order valence-electron chi connectivity index (χ3n) is 13.9. The molecule has 72 heavy (non-hydrogen) atoms. The maximum atomic E-state index is 14.1. The summed E-state index contributed by atoms with van der Waals surface area (Å²) in [7, 11) is 0. The fraction of sp³-hybridized carbons (Fsp3) is 0.481. The van der Waals surface area contributed by atoms with Crippen LogP contribution >= 0.6 is 12.2 Å². The van der Waals surface area contributed by atoms with Gasteiger partial charge in [-0.1, -0.05) is 45.0 Å². The van der Waals surface area contributed by atoms with Gasteiger partial charge in [0, 0.05) is 30.6 Å². The number of carbonyl (C=O) groups is 4. The summed E-state index contributed by atoms with van der Waals surface area (Å²) in [6.07, 6.45) is -2.19. The maximum absolute atomic E-state index is 14.1. The van der Waals surface area contributed by atoms with E-state index in [-0.39, 0.29) is 54.6 Å². The number of nitrogens with one attached hydrogen (secondary N) is 2. The number of anilines is 2. The van der Waals surface area contributed by atoms with Gasteiger partial charge < -0.3 is 44.2 Å². The number of carbonyl (C=O) groups excluding carboxylic acids is 4. The minimum atomic E-state index is -4.81. The quantitative estimate of drug-likeness (QED) is 0.102. The number of aryl methyl sites for hydroxylation is 1. The van der Waals surface area contributed by atoms with Crippen molar-refractivity contribution in [1.82, 2.24) is 20.5 Å². The van der Waals surface area contributed by atoms with Crippen molar-refractivity contribution in [2.24, 2.45) is 11.3 Å². The van der Waals surface area contributed by atoms with E-state index in [0.29, 0.717) is 23.8 Å². The van der Waals surface area contributed by atoms with Crippen molar-refractivity contribution >= 4 is 52.3 Å². The molecule has 4 aliphatic rings. The summed E-state index contributed by atoms with van der Waals surface area (Å²) in [5.41, 5.74) is -1.08. The van der Waals surface area contributed by atoms with Crippen molar-refractivity contribution in [3.63, 3.8) is 0 Å². The molecule has 3 aliphatic heterocycles. The minimum Gasteiger partial charge on any atom is -0.493 e. The zero-order valence-electron chi connectivity index (χ0n) is 41.0. The number of aliphatic hydroxyl groups is 1. The Morgan fingerprint density at radius 1 is 1.00 bits per heavy atom. The number of ether oxygens (including phenoxy) is 3.